The van der Waals surface area contributed by atoms with Gasteiger partial charge in [-0.3, -0.25) is 4.79 Å². The molecule has 0 aromatic heterocycles. The lowest BCUT2D eigenvalue weighted by atomic mass is 10.3. The van der Waals surface area contributed by atoms with Crippen molar-refractivity contribution < 1.29 is 18.7 Å². The van der Waals surface area contributed by atoms with Crippen LogP contribution in [0.15, 0.2) is 47.4 Å². The highest BCUT2D eigenvalue weighted by Gasteiger charge is 2.16. The molecule has 1 N–H and O–H groups in total. The zero-order chi connectivity index (χ0) is 16.8. The van der Waals surface area contributed by atoms with Crippen molar-refractivity contribution in [3.8, 4) is 11.5 Å². The van der Waals surface area contributed by atoms with Gasteiger partial charge in [0.2, 0.25) is 5.91 Å². The van der Waals surface area contributed by atoms with E-state index in [4.69, 9.17) is 9.47 Å². The van der Waals surface area contributed by atoms with Crippen LogP contribution in [0.5, 0.6) is 11.5 Å². The van der Waals surface area contributed by atoms with Crippen molar-refractivity contribution in [1.82, 2.24) is 0 Å². The van der Waals surface area contributed by atoms with Gasteiger partial charge in [0.25, 0.3) is 0 Å². The van der Waals surface area contributed by atoms with Gasteiger partial charge in [-0.2, -0.15) is 0 Å². The van der Waals surface area contributed by atoms with Crippen molar-refractivity contribution in [2.45, 2.75) is 17.1 Å². The third-order valence-corrected chi connectivity index (χ3v) is 4.24. The lowest BCUT2D eigenvalue weighted by molar-refractivity contribution is -0.115. The predicted octanol–water partition coefficient (Wildman–Crippen LogP) is 3.96. The average Bonchev–Trinajstić information content (AvgIpc) is 2.56. The van der Waals surface area contributed by atoms with E-state index in [0.717, 1.165) is 4.90 Å². The van der Waals surface area contributed by atoms with Crippen molar-refractivity contribution in [3.63, 3.8) is 0 Å². The van der Waals surface area contributed by atoms with Crippen LogP contribution in [0, 0.1) is 5.82 Å². The molecule has 122 valence electrons. The molecule has 6 heteroatoms. The number of ether oxygens (including phenoxy) is 2. The van der Waals surface area contributed by atoms with Gasteiger partial charge in [-0.1, -0.05) is 0 Å². The number of carbonyl (C=O) groups is 1. The number of hydrogen-bond donors (Lipinski definition) is 1. The van der Waals surface area contributed by atoms with E-state index in [0.29, 0.717) is 17.2 Å². The first-order chi connectivity index (χ1) is 11.0. The zero-order valence-electron chi connectivity index (χ0n) is 13.1. The van der Waals surface area contributed by atoms with E-state index >= 15 is 0 Å². The van der Waals surface area contributed by atoms with Crippen LogP contribution >= 0.6 is 11.8 Å². The maximum Gasteiger partial charge on any atom is 0.237 e. The molecule has 23 heavy (non-hydrogen) atoms. The Morgan fingerprint density at radius 1 is 1.09 bits per heavy atom. The van der Waals surface area contributed by atoms with Gasteiger partial charge in [0.1, 0.15) is 5.82 Å². The maximum atomic E-state index is 12.9. The second-order valence-corrected chi connectivity index (χ2v) is 6.19. The summed E-state index contributed by atoms with van der Waals surface area (Å²) in [5.41, 5.74) is 0.566. The summed E-state index contributed by atoms with van der Waals surface area (Å²) in [6, 6.07) is 11.2. The highest BCUT2D eigenvalue weighted by Crippen LogP contribution is 2.33. The maximum absolute atomic E-state index is 12.9. The van der Waals surface area contributed by atoms with Crippen molar-refractivity contribution in [3.05, 3.63) is 48.3 Å². The van der Waals surface area contributed by atoms with Crippen LogP contribution in [0.3, 0.4) is 0 Å². The normalized spacial score (nSPS) is 11.7. The summed E-state index contributed by atoms with van der Waals surface area (Å²) in [6.07, 6.45) is 0. The first-order valence-electron chi connectivity index (χ1n) is 6.98. The van der Waals surface area contributed by atoms with Gasteiger partial charge in [0.05, 0.1) is 19.5 Å². The lowest BCUT2D eigenvalue weighted by Gasteiger charge is -2.14. The number of benzene rings is 2. The molecule has 0 aliphatic heterocycles. The van der Waals surface area contributed by atoms with Crippen molar-refractivity contribution >= 4 is 23.4 Å². The number of halogens is 1. The molecule has 0 aliphatic carbocycles. The molecule has 0 saturated heterocycles. The predicted molar refractivity (Wildman–Crippen MR) is 89.9 cm³/mol. The molecule has 0 saturated carbocycles. The molecule has 0 radical (unpaired) electrons. The molecule has 0 bridgehead atoms. The molecule has 2 rings (SSSR count). The number of thioether (sulfide) groups is 1. The van der Waals surface area contributed by atoms with Crippen LogP contribution in [0.1, 0.15) is 6.92 Å². The van der Waals surface area contributed by atoms with E-state index in [2.05, 4.69) is 5.32 Å². The minimum absolute atomic E-state index is 0.156. The Balaban J connectivity index is 2.01. The number of methoxy groups -OCH3 is 2. The zero-order valence-corrected chi connectivity index (χ0v) is 13.9. The van der Waals surface area contributed by atoms with E-state index in [9.17, 15) is 9.18 Å². The average molecular weight is 335 g/mol. The molecule has 0 aliphatic rings. The molecule has 0 unspecified atom stereocenters. The fraction of sp³-hybridized carbons (Fsp3) is 0.235. The fourth-order valence-electron chi connectivity index (χ4n) is 1.92. The highest BCUT2D eigenvalue weighted by molar-refractivity contribution is 8.00. The molecule has 0 fully saturated rings. The van der Waals surface area contributed by atoms with Gasteiger partial charge < -0.3 is 14.8 Å². The number of nitrogens with one attached hydrogen (secondary N) is 1. The van der Waals surface area contributed by atoms with E-state index in [-0.39, 0.29) is 17.0 Å². The van der Waals surface area contributed by atoms with Crippen LogP contribution in [-0.4, -0.2) is 25.4 Å². The highest BCUT2D eigenvalue weighted by atomic mass is 32.2. The largest absolute Gasteiger partial charge is 0.493 e. The van der Waals surface area contributed by atoms with E-state index < -0.39 is 0 Å². The van der Waals surface area contributed by atoms with Gasteiger partial charge in [0, 0.05) is 10.6 Å². The SMILES string of the molecule is COc1ccc(S[C@@H](C)C(=O)Nc2ccc(F)cc2)cc1OC. The van der Waals surface area contributed by atoms with Gasteiger partial charge >= 0.3 is 0 Å². The third kappa shape index (κ3) is 4.63. The van der Waals surface area contributed by atoms with Crippen LogP contribution < -0.4 is 14.8 Å². The van der Waals surface area contributed by atoms with Gasteiger partial charge in [-0.05, 0) is 49.4 Å². The monoisotopic (exact) mass is 335 g/mol. The summed E-state index contributed by atoms with van der Waals surface area (Å²) in [6.45, 7) is 1.81. The second kappa shape index (κ2) is 7.87. The molecule has 0 heterocycles. The molecule has 4 nitrogen and oxygen atoms in total. The molecular weight excluding hydrogens is 317 g/mol. The molecule has 1 amide bonds. The van der Waals surface area contributed by atoms with Crippen molar-refractivity contribution in [2.75, 3.05) is 19.5 Å². The van der Waals surface area contributed by atoms with Gasteiger partial charge in [-0.25, -0.2) is 4.39 Å². The number of carbonyl (C=O) groups excluding carboxylic acids is 1. The molecule has 0 spiro atoms. The van der Waals surface area contributed by atoms with Gasteiger partial charge in [-0.15, -0.1) is 11.8 Å². The van der Waals surface area contributed by atoms with Crippen LogP contribution in [0.25, 0.3) is 0 Å². The Bertz CT molecular complexity index is 676. The summed E-state index contributed by atoms with van der Waals surface area (Å²) >= 11 is 1.40. The topological polar surface area (TPSA) is 47.6 Å². The summed E-state index contributed by atoms with van der Waals surface area (Å²) in [4.78, 5) is 13.1. The minimum atomic E-state index is -0.337. The van der Waals surface area contributed by atoms with Crippen molar-refractivity contribution in [2.24, 2.45) is 0 Å². The lowest BCUT2D eigenvalue weighted by Crippen LogP contribution is -2.22. The van der Waals surface area contributed by atoms with Gasteiger partial charge in [0.15, 0.2) is 11.5 Å². The van der Waals surface area contributed by atoms with Crippen molar-refractivity contribution in [1.29, 1.82) is 0 Å². The standard InChI is InChI=1S/C17H18FNO3S/c1-11(17(20)19-13-6-4-12(18)5-7-13)23-14-8-9-15(21-2)16(10-14)22-3/h4-11H,1-3H3,(H,19,20)/t11-/m0/s1. The third-order valence-electron chi connectivity index (χ3n) is 3.15. The first kappa shape index (κ1) is 17.1. The quantitative estimate of drug-likeness (QED) is 0.812. The molecule has 1 atom stereocenters. The Morgan fingerprint density at radius 3 is 2.35 bits per heavy atom. The number of anilines is 1. The number of amides is 1. The smallest absolute Gasteiger partial charge is 0.237 e. The molecule has 2 aromatic rings. The minimum Gasteiger partial charge on any atom is -0.493 e. The molecular formula is C17H18FNO3S. The number of hydrogen-bond acceptors (Lipinski definition) is 4. The summed E-state index contributed by atoms with van der Waals surface area (Å²) in [5.74, 6) is 0.760. The Kier molecular flexibility index (Phi) is 5.87. The Morgan fingerprint density at radius 2 is 1.74 bits per heavy atom. The fourth-order valence-corrected chi connectivity index (χ4v) is 2.82. The van der Waals surface area contributed by atoms with Crippen LogP contribution in [0.2, 0.25) is 0 Å². The second-order valence-electron chi connectivity index (χ2n) is 4.77. The molecule has 2 aromatic carbocycles. The van der Waals surface area contributed by atoms with E-state index in [1.807, 2.05) is 12.1 Å². The Hall–Kier alpha value is -2.21. The Labute approximate surface area is 139 Å². The summed E-state index contributed by atoms with van der Waals surface area (Å²) in [5, 5.41) is 2.44. The van der Waals surface area contributed by atoms with E-state index in [1.54, 1.807) is 27.2 Å². The van der Waals surface area contributed by atoms with E-state index in [1.165, 1.54) is 36.0 Å². The summed E-state index contributed by atoms with van der Waals surface area (Å²) < 4.78 is 23.3. The van der Waals surface area contributed by atoms with Crippen LogP contribution in [-0.2, 0) is 4.79 Å². The summed E-state index contributed by atoms with van der Waals surface area (Å²) in [7, 11) is 3.14. The first-order valence-corrected chi connectivity index (χ1v) is 7.86. The van der Waals surface area contributed by atoms with Crippen LogP contribution in [0.4, 0.5) is 10.1 Å². The number of rotatable bonds is 6.